The van der Waals surface area contributed by atoms with E-state index in [1.165, 1.54) is 46.9 Å². The maximum absolute atomic E-state index is 12.1. The Kier molecular flexibility index (Phi) is 8.12. The van der Waals surface area contributed by atoms with Crippen LogP contribution in [0.25, 0.3) is 0 Å². The van der Waals surface area contributed by atoms with Gasteiger partial charge in [-0.15, -0.1) is 11.3 Å². The molecule has 0 saturated carbocycles. The van der Waals surface area contributed by atoms with E-state index in [0.29, 0.717) is 10.8 Å². The van der Waals surface area contributed by atoms with Gasteiger partial charge >= 0.3 is 0 Å². The highest BCUT2D eigenvalue weighted by atomic mass is 32.2. The van der Waals surface area contributed by atoms with Crippen LogP contribution in [0.5, 0.6) is 0 Å². The van der Waals surface area contributed by atoms with Crippen molar-refractivity contribution in [1.82, 2.24) is 14.9 Å². The lowest BCUT2D eigenvalue weighted by Crippen LogP contribution is -2.37. The zero-order valence-electron chi connectivity index (χ0n) is 15.9. The monoisotopic (exact) mass is 398 g/mol. The molecule has 1 heterocycles. The van der Waals surface area contributed by atoms with Crippen LogP contribution in [0.1, 0.15) is 43.9 Å². The van der Waals surface area contributed by atoms with Crippen molar-refractivity contribution in [1.29, 1.82) is 0 Å². The van der Waals surface area contributed by atoms with Gasteiger partial charge in [0, 0.05) is 32.1 Å². The highest BCUT2D eigenvalue weighted by Gasteiger charge is 2.19. The molecule has 0 unspecified atom stereocenters. The topological polar surface area (TPSA) is 73.8 Å². The van der Waals surface area contributed by atoms with E-state index in [-0.39, 0.29) is 0 Å². The molecule has 0 aromatic carbocycles. The predicted octanol–water partition coefficient (Wildman–Crippen LogP) is 2.94. The number of nitrogens with one attached hydrogen (secondary N) is 2. The van der Waals surface area contributed by atoms with Crippen LogP contribution in [0.3, 0.4) is 0 Å². The fraction of sp³-hybridized carbons (Fsp3) is 0.611. The number of sulfonamides is 1. The number of hydrogen-bond donors (Lipinski definition) is 2. The summed E-state index contributed by atoms with van der Waals surface area (Å²) in [6.45, 7) is 4.15. The highest BCUT2D eigenvalue weighted by molar-refractivity contribution is 7.91. The summed E-state index contributed by atoms with van der Waals surface area (Å²) in [4.78, 5) is 5.51. The largest absolute Gasteiger partial charge is 0.357 e. The molecular weight excluding hydrogens is 368 g/mol. The van der Waals surface area contributed by atoms with Crippen LogP contribution in [0.2, 0.25) is 0 Å². The molecule has 0 atom stereocenters. The van der Waals surface area contributed by atoms with E-state index in [2.05, 4.69) is 21.7 Å². The molecule has 0 aliphatic heterocycles. The minimum absolute atomic E-state index is 0.356. The summed E-state index contributed by atoms with van der Waals surface area (Å²) in [5.41, 5.74) is 1.54. The smallest absolute Gasteiger partial charge is 0.252 e. The second-order valence-corrected chi connectivity index (χ2v) is 10.0. The minimum Gasteiger partial charge on any atom is -0.357 e. The molecule has 2 N–H and O–H groups in total. The minimum atomic E-state index is -3.37. The molecule has 8 heteroatoms. The van der Waals surface area contributed by atoms with Gasteiger partial charge in [0.05, 0.1) is 6.54 Å². The number of thiophene rings is 1. The molecule has 1 aromatic rings. The quantitative estimate of drug-likeness (QED) is 0.401. The van der Waals surface area contributed by atoms with Crippen LogP contribution in [-0.2, 0) is 16.6 Å². The molecule has 0 bridgehead atoms. The molecular formula is C18H30N4O2S2. The van der Waals surface area contributed by atoms with Gasteiger partial charge in [0.15, 0.2) is 5.96 Å². The Morgan fingerprint density at radius 1 is 1.27 bits per heavy atom. The normalized spacial score (nSPS) is 15.8. The lowest BCUT2D eigenvalue weighted by Gasteiger charge is -2.15. The van der Waals surface area contributed by atoms with Crippen LogP contribution in [0.4, 0.5) is 0 Å². The summed E-state index contributed by atoms with van der Waals surface area (Å²) < 4.78 is 25.9. The van der Waals surface area contributed by atoms with E-state index in [1.807, 2.05) is 13.0 Å². The number of nitrogens with zero attached hydrogens (tertiary/aromatic N) is 2. The summed E-state index contributed by atoms with van der Waals surface area (Å²) in [7, 11) is -0.279. The molecule has 1 aliphatic rings. The van der Waals surface area contributed by atoms with Crippen LogP contribution in [0.15, 0.2) is 33.0 Å². The van der Waals surface area contributed by atoms with Gasteiger partial charge in [0.1, 0.15) is 4.21 Å². The van der Waals surface area contributed by atoms with Crippen molar-refractivity contribution in [3.05, 3.63) is 28.7 Å². The zero-order valence-corrected chi connectivity index (χ0v) is 17.5. The standard InChI is InChI=1S/C18H30N4O2S2/c1-4-19-18(20-13-12-15-8-6-5-7-9-15)21-14-16-10-11-17(25-16)26(23,24)22(2)3/h8,10-11H,4-7,9,12-14H2,1-3H3,(H2,19,20,21). The Bertz CT molecular complexity index is 736. The van der Waals surface area contributed by atoms with Crippen LogP contribution >= 0.6 is 11.3 Å². The molecule has 146 valence electrons. The molecule has 2 rings (SSSR count). The van der Waals surface area contributed by atoms with Gasteiger partial charge in [-0.05, 0) is 51.2 Å². The van der Waals surface area contributed by atoms with Crippen LogP contribution in [-0.4, -0.2) is 45.9 Å². The third-order valence-corrected chi connectivity index (χ3v) is 7.59. The van der Waals surface area contributed by atoms with Gasteiger partial charge in [0.25, 0.3) is 10.0 Å². The van der Waals surface area contributed by atoms with Gasteiger partial charge in [-0.1, -0.05) is 11.6 Å². The first-order chi connectivity index (χ1) is 12.4. The number of hydrogen-bond acceptors (Lipinski definition) is 4. The molecule has 0 fully saturated rings. The SMILES string of the molecule is CCNC(=NCc1ccc(S(=O)(=O)N(C)C)s1)NCCC1=CCCCC1. The summed E-state index contributed by atoms with van der Waals surface area (Å²) in [5.74, 6) is 0.773. The number of allylic oxidation sites excluding steroid dienone is 1. The van der Waals surface area contributed by atoms with Crippen LogP contribution in [0, 0.1) is 0 Å². The van der Waals surface area contributed by atoms with Gasteiger partial charge < -0.3 is 10.6 Å². The Morgan fingerprint density at radius 3 is 2.73 bits per heavy atom. The number of aliphatic imine (C=N–C) groups is 1. The molecule has 1 aliphatic carbocycles. The van der Waals surface area contributed by atoms with Crippen molar-refractivity contribution in [2.45, 2.75) is 49.8 Å². The molecule has 6 nitrogen and oxygen atoms in total. The van der Waals surface area contributed by atoms with Crippen molar-refractivity contribution in [2.24, 2.45) is 4.99 Å². The average molecular weight is 399 g/mol. The first-order valence-electron chi connectivity index (χ1n) is 9.15. The average Bonchev–Trinajstić information content (AvgIpc) is 3.10. The van der Waals surface area contributed by atoms with Gasteiger partial charge in [-0.2, -0.15) is 0 Å². The summed E-state index contributed by atoms with van der Waals surface area (Å²) >= 11 is 1.27. The molecule has 0 radical (unpaired) electrons. The molecule has 0 amide bonds. The van der Waals surface area contributed by atoms with Crippen molar-refractivity contribution >= 4 is 27.3 Å². The first kappa shape index (κ1) is 20.9. The van der Waals surface area contributed by atoms with Gasteiger partial charge in [-0.3, -0.25) is 0 Å². The Labute approximate surface area is 161 Å². The van der Waals surface area contributed by atoms with Crippen molar-refractivity contribution in [3.63, 3.8) is 0 Å². The third kappa shape index (κ3) is 6.10. The van der Waals surface area contributed by atoms with Gasteiger partial charge in [-0.25, -0.2) is 17.7 Å². The maximum atomic E-state index is 12.1. The van der Waals surface area contributed by atoms with E-state index < -0.39 is 10.0 Å². The highest BCUT2D eigenvalue weighted by Crippen LogP contribution is 2.24. The van der Waals surface area contributed by atoms with Crippen LogP contribution < -0.4 is 10.6 Å². The molecule has 0 saturated heterocycles. The van der Waals surface area contributed by atoms with Crippen molar-refractivity contribution in [3.8, 4) is 0 Å². The molecule has 1 aromatic heterocycles. The van der Waals surface area contributed by atoms with E-state index in [4.69, 9.17) is 0 Å². The van der Waals surface area contributed by atoms with E-state index in [0.717, 1.165) is 30.3 Å². The Morgan fingerprint density at radius 2 is 2.08 bits per heavy atom. The Hall–Kier alpha value is -1.38. The summed E-state index contributed by atoms with van der Waals surface area (Å²) in [6, 6.07) is 3.49. The lowest BCUT2D eigenvalue weighted by molar-refractivity contribution is 0.523. The second-order valence-electron chi connectivity index (χ2n) is 6.49. The second kappa shape index (κ2) is 10.1. The third-order valence-electron chi connectivity index (χ3n) is 4.23. The summed E-state index contributed by atoms with van der Waals surface area (Å²) in [5, 5.41) is 6.61. The zero-order chi connectivity index (χ0) is 19.0. The fourth-order valence-corrected chi connectivity index (χ4v) is 5.18. The Balaban J connectivity index is 1.92. The fourth-order valence-electron chi connectivity index (χ4n) is 2.73. The predicted molar refractivity (Wildman–Crippen MR) is 109 cm³/mol. The first-order valence-corrected chi connectivity index (χ1v) is 11.4. The van der Waals surface area contributed by atoms with Gasteiger partial charge in [0.2, 0.25) is 0 Å². The maximum Gasteiger partial charge on any atom is 0.252 e. The molecule has 0 spiro atoms. The number of guanidine groups is 1. The van der Waals surface area contributed by atoms with E-state index in [1.54, 1.807) is 20.2 Å². The number of rotatable bonds is 8. The van der Waals surface area contributed by atoms with E-state index >= 15 is 0 Å². The van der Waals surface area contributed by atoms with Crippen molar-refractivity contribution in [2.75, 3.05) is 27.2 Å². The van der Waals surface area contributed by atoms with Crippen molar-refractivity contribution < 1.29 is 8.42 Å². The van der Waals surface area contributed by atoms with E-state index in [9.17, 15) is 8.42 Å². The summed E-state index contributed by atoms with van der Waals surface area (Å²) in [6.07, 6.45) is 8.46. The lowest BCUT2D eigenvalue weighted by atomic mass is 9.97. The molecule has 26 heavy (non-hydrogen) atoms.